The molecule has 0 N–H and O–H groups in total. The highest BCUT2D eigenvalue weighted by molar-refractivity contribution is 9.10. The topological polar surface area (TPSA) is 63.2 Å². The standard InChI is InChI=1S/C16H28Br2O6/c1-12(2)13(19)20-10-16(7,11-22-24-15(5,6)18)8-9-21-23-14(3,4)17/h1,8-11H2,2-7H3. The minimum atomic E-state index is -0.609. The van der Waals surface area contributed by atoms with Crippen molar-refractivity contribution in [3.8, 4) is 0 Å². The second-order valence-corrected chi connectivity index (χ2v) is 10.7. The fraction of sp³-hybridized carbons (Fsp3) is 0.812. The molecular weight excluding hydrogens is 448 g/mol. The van der Waals surface area contributed by atoms with Crippen molar-refractivity contribution in [2.24, 2.45) is 5.41 Å². The Morgan fingerprint density at radius 1 is 0.958 bits per heavy atom. The van der Waals surface area contributed by atoms with Crippen molar-refractivity contribution < 1.29 is 29.1 Å². The van der Waals surface area contributed by atoms with Crippen molar-refractivity contribution in [1.82, 2.24) is 0 Å². The van der Waals surface area contributed by atoms with Gasteiger partial charge in [-0.15, -0.1) is 0 Å². The van der Waals surface area contributed by atoms with Gasteiger partial charge in [0.25, 0.3) is 0 Å². The third-order valence-electron chi connectivity index (χ3n) is 2.61. The van der Waals surface area contributed by atoms with E-state index in [4.69, 9.17) is 24.3 Å². The molecule has 0 aliphatic carbocycles. The van der Waals surface area contributed by atoms with E-state index in [9.17, 15) is 4.79 Å². The second-order valence-electron chi connectivity index (χ2n) is 6.89. The highest BCUT2D eigenvalue weighted by atomic mass is 79.9. The molecule has 0 aliphatic rings. The molecule has 142 valence electrons. The first-order chi connectivity index (χ1) is 10.7. The molecule has 0 amide bonds. The van der Waals surface area contributed by atoms with E-state index in [0.29, 0.717) is 18.6 Å². The number of carbonyl (C=O) groups is 1. The molecule has 0 aromatic rings. The predicted octanol–water partition coefficient (Wildman–Crippen LogP) is 4.66. The number of alkyl halides is 2. The van der Waals surface area contributed by atoms with Crippen LogP contribution in [0.5, 0.6) is 0 Å². The minimum absolute atomic E-state index is 0.145. The lowest BCUT2D eigenvalue weighted by atomic mass is 9.89. The third kappa shape index (κ3) is 13.3. The van der Waals surface area contributed by atoms with E-state index >= 15 is 0 Å². The lowest BCUT2D eigenvalue weighted by molar-refractivity contribution is -0.347. The molecule has 0 spiro atoms. The number of hydrogen-bond donors (Lipinski definition) is 0. The van der Waals surface area contributed by atoms with Gasteiger partial charge in [-0.3, -0.25) is 0 Å². The maximum atomic E-state index is 11.6. The molecule has 0 aliphatic heterocycles. The van der Waals surface area contributed by atoms with Gasteiger partial charge in [0, 0.05) is 11.0 Å². The summed E-state index contributed by atoms with van der Waals surface area (Å²) in [6.07, 6.45) is 0.533. The molecule has 0 aromatic heterocycles. The number of halogens is 2. The quantitative estimate of drug-likeness (QED) is 0.102. The Balaban J connectivity index is 4.56. The number of hydrogen-bond acceptors (Lipinski definition) is 6. The summed E-state index contributed by atoms with van der Waals surface area (Å²) in [6, 6.07) is 0. The maximum Gasteiger partial charge on any atom is 0.333 e. The average Bonchev–Trinajstić information content (AvgIpc) is 2.38. The maximum absolute atomic E-state index is 11.6. The average molecular weight is 476 g/mol. The smallest absolute Gasteiger partial charge is 0.333 e. The van der Waals surface area contributed by atoms with Gasteiger partial charge < -0.3 is 4.74 Å². The summed E-state index contributed by atoms with van der Waals surface area (Å²) < 4.78 is 4.07. The molecule has 6 nitrogen and oxygen atoms in total. The lowest BCUT2D eigenvalue weighted by Crippen LogP contribution is -2.33. The van der Waals surface area contributed by atoms with Gasteiger partial charge >= 0.3 is 5.97 Å². The monoisotopic (exact) mass is 474 g/mol. The summed E-state index contributed by atoms with van der Waals surface area (Å²) in [4.78, 5) is 32.5. The molecule has 0 radical (unpaired) electrons. The van der Waals surface area contributed by atoms with Crippen LogP contribution in [0.1, 0.15) is 48.0 Å². The molecule has 8 heteroatoms. The summed E-state index contributed by atoms with van der Waals surface area (Å²) >= 11 is 6.63. The Morgan fingerprint density at radius 3 is 1.92 bits per heavy atom. The minimum Gasteiger partial charge on any atom is -0.462 e. The number of ether oxygens (including phenoxy) is 1. The fourth-order valence-corrected chi connectivity index (χ4v) is 1.52. The van der Waals surface area contributed by atoms with E-state index < -0.39 is 20.4 Å². The molecule has 0 saturated heterocycles. The van der Waals surface area contributed by atoms with Crippen molar-refractivity contribution >= 4 is 37.8 Å². The largest absolute Gasteiger partial charge is 0.462 e. The molecule has 0 aromatic carbocycles. The van der Waals surface area contributed by atoms with E-state index in [1.807, 2.05) is 20.8 Å². The van der Waals surface area contributed by atoms with Crippen LogP contribution in [0.25, 0.3) is 0 Å². The van der Waals surface area contributed by atoms with E-state index in [2.05, 4.69) is 38.4 Å². The Bertz CT molecular complexity index is 414. The Morgan fingerprint density at radius 2 is 1.46 bits per heavy atom. The summed E-state index contributed by atoms with van der Waals surface area (Å²) in [7, 11) is 0. The summed E-state index contributed by atoms with van der Waals surface area (Å²) in [5.74, 6) is -0.443. The molecule has 1 atom stereocenters. The lowest BCUT2D eigenvalue weighted by Gasteiger charge is -2.29. The van der Waals surface area contributed by atoms with Gasteiger partial charge in [0.1, 0.15) is 0 Å². The predicted molar refractivity (Wildman–Crippen MR) is 98.6 cm³/mol. The van der Waals surface area contributed by atoms with Crippen molar-refractivity contribution in [3.05, 3.63) is 12.2 Å². The first-order valence-electron chi connectivity index (χ1n) is 7.56. The van der Waals surface area contributed by atoms with Crippen LogP contribution in [-0.2, 0) is 29.1 Å². The first-order valence-corrected chi connectivity index (χ1v) is 9.14. The third-order valence-corrected chi connectivity index (χ3v) is 2.88. The van der Waals surface area contributed by atoms with Gasteiger partial charge in [-0.1, -0.05) is 45.4 Å². The summed E-state index contributed by atoms with van der Waals surface area (Å²) in [5, 5.41) is 0. The first kappa shape index (κ1) is 24.0. The zero-order valence-electron chi connectivity index (χ0n) is 15.2. The summed E-state index contributed by atoms with van der Waals surface area (Å²) in [6.45, 7) is 15.0. The van der Waals surface area contributed by atoms with Crippen LogP contribution in [0.3, 0.4) is 0 Å². The Kier molecular flexibility index (Phi) is 10.2. The van der Waals surface area contributed by atoms with E-state index in [1.54, 1.807) is 20.8 Å². The molecular formula is C16H28Br2O6. The van der Waals surface area contributed by atoms with Crippen LogP contribution >= 0.6 is 31.9 Å². The van der Waals surface area contributed by atoms with Crippen molar-refractivity contribution in [1.29, 1.82) is 0 Å². The van der Waals surface area contributed by atoms with Crippen LogP contribution < -0.4 is 0 Å². The molecule has 24 heavy (non-hydrogen) atoms. The van der Waals surface area contributed by atoms with E-state index in [1.165, 1.54) is 0 Å². The molecule has 0 heterocycles. The highest BCUT2D eigenvalue weighted by Gasteiger charge is 2.29. The van der Waals surface area contributed by atoms with Crippen molar-refractivity contribution in [3.63, 3.8) is 0 Å². The number of rotatable bonds is 12. The van der Waals surface area contributed by atoms with Gasteiger partial charge in [-0.05, 0) is 41.0 Å². The van der Waals surface area contributed by atoms with Gasteiger partial charge in [-0.2, -0.15) is 0 Å². The van der Waals surface area contributed by atoms with Gasteiger partial charge in [-0.25, -0.2) is 24.3 Å². The van der Waals surface area contributed by atoms with Gasteiger partial charge in [0.15, 0.2) is 9.02 Å². The molecule has 0 saturated carbocycles. The SMILES string of the molecule is C=C(C)C(=O)OCC(C)(CCOOC(C)(C)Br)COOC(C)(C)Br. The van der Waals surface area contributed by atoms with E-state index in [-0.39, 0.29) is 13.2 Å². The molecule has 1 unspecified atom stereocenters. The molecule has 0 fully saturated rings. The highest BCUT2D eigenvalue weighted by Crippen LogP contribution is 2.26. The zero-order chi connectivity index (χ0) is 19.0. The van der Waals surface area contributed by atoms with Gasteiger partial charge in [0.05, 0.1) is 19.8 Å². The summed E-state index contributed by atoms with van der Waals surface area (Å²) in [5.41, 5.74) is -0.167. The van der Waals surface area contributed by atoms with Crippen LogP contribution in [0.4, 0.5) is 0 Å². The van der Waals surface area contributed by atoms with Crippen molar-refractivity contribution in [2.45, 2.75) is 57.0 Å². The Hall–Kier alpha value is 0.01000. The van der Waals surface area contributed by atoms with E-state index in [0.717, 1.165) is 0 Å². The van der Waals surface area contributed by atoms with Crippen LogP contribution in [0.15, 0.2) is 12.2 Å². The number of esters is 1. The van der Waals surface area contributed by atoms with Crippen LogP contribution in [0.2, 0.25) is 0 Å². The van der Waals surface area contributed by atoms with Gasteiger partial charge in [0.2, 0.25) is 0 Å². The second kappa shape index (κ2) is 10.2. The fourth-order valence-electron chi connectivity index (χ4n) is 1.33. The normalized spacial score (nSPS) is 15.0. The zero-order valence-corrected chi connectivity index (χ0v) is 18.4. The molecule has 0 rings (SSSR count). The molecule has 0 bridgehead atoms. The van der Waals surface area contributed by atoms with Crippen LogP contribution in [0, 0.1) is 5.41 Å². The Labute approximate surface area is 161 Å². The number of carbonyl (C=O) groups excluding carboxylic acids is 1. The van der Waals surface area contributed by atoms with Crippen LogP contribution in [-0.4, -0.2) is 34.8 Å². The van der Waals surface area contributed by atoms with Crippen molar-refractivity contribution in [2.75, 3.05) is 19.8 Å².